The average Bonchev–Trinajstić information content (AvgIpc) is 2.68. The number of benzene rings is 1. The number of piperidine rings is 2. The van der Waals surface area contributed by atoms with E-state index in [9.17, 15) is 13.2 Å². The van der Waals surface area contributed by atoms with Gasteiger partial charge in [-0.15, -0.1) is 0 Å². The maximum atomic E-state index is 12.9. The van der Waals surface area contributed by atoms with Crippen LogP contribution in [0.15, 0.2) is 29.2 Å². The standard InChI is InChI=1S/C19H28N2O4S/c1-15-9-12-20(13-10-15)19(22)16-4-3-11-21(14-16)26(23,24)18-7-5-17(25-2)6-8-18/h5-8,15-16H,3-4,9-14H2,1-2H3/t16-/m0/s1. The number of rotatable bonds is 4. The molecule has 1 atom stereocenters. The van der Waals surface area contributed by atoms with Crippen LogP contribution in [-0.4, -0.2) is 56.8 Å². The van der Waals surface area contributed by atoms with Crippen LogP contribution in [-0.2, 0) is 14.8 Å². The molecule has 26 heavy (non-hydrogen) atoms. The van der Waals surface area contributed by atoms with Gasteiger partial charge in [0.15, 0.2) is 0 Å². The van der Waals surface area contributed by atoms with E-state index < -0.39 is 10.0 Å². The summed E-state index contributed by atoms with van der Waals surface area (Å²) in [4.78, 5) is 15.0. The van der Waals surface area contributed by atoms with Gasteiger partial charge in [0.1, 0.15) is 5.75 Å². The number of amides is 1. The minimum absolute atomic E-state index is 0.117. The predicted octanol–water partition coefficient (Wildman–Crippen LogP) is 2.35. The summed E-state index contributed by atoms with van der Waals surface area (Å²) in [5.74, 6) is 1.17. The summed E-state index contributed by atoms with van der Waals surface area (Å²) < 4.78 is 32.4. The Labute approximate surface area is 156 Å². The number of carbonyl (C=O) groups excluding carboxylic acids is 1. The minimum atomic E-state index is -3.59. The maximum Gasteiger partial charge on any atom is 0.243 e. The molecular formula is C19H28N2O4S. The van der Waals surface area contributed by atoms with Gasteiger partial charge in [0.05, 0.1) is 17.9 Å². The lowest BCUT2D eigenvalue weighted by Gasteiger charge is -2.36. The van der Waals surface area contributed by atoms with Gasteiger partial charge in [0, 0.05) is 26.2 Å². The van der Waals surface area contributed by atoms with E-state index in [1.807, 2.05) is 4.90 Å². The summed E-state index contributed by atoms with van der Waals surface area (Å²) in [5, 5.41) is 0. The maximum absolute atomic E-state index is 12.9. The molecule has 2 aliphatic heterocycles. The van der Waals surface area contributed by atoms with Crippen molar-refractivity contribution in [1.82, 2.24) is 9.21 Å². The molecule has 0 spiro atoms. The first kappa shape index (κ1) is 19.2. The van der Waals surface area contributed by atoms with Crippen LogP contribution in [0.1, 0.15) is 32.6 Å². The van der Waals surface area contributed by atoms with Gasteiger partial charge in [0.25, 0.3) is 0 Å². The molecule has 2 fully saturated rings. The molecule has 1 aromatic rings. The van der Waals surface area contributed by atoms with Crippen molar-refractivity contribution in [3.8, 4) is 5.75 Å². The molecule has 0 saturated carbocycles. The number of carbonyl (C=O) groups is 1. The third-order valence-electron chi connectivity index (χ3n) is 5.53. The summed E-state index contributed by atoms with van der Waals surface area (Å²) in [6.45, 7) is 4.55. The summed E-state index contributed by atoms with van der Waals surface area (Å²) in [6.07, 6.45) is 3.55. The first-order valence-corrected chi connectivity index (χ1v) is 10.8. The molecule has 1 amide bonds. The van der Waals surface area contributed by atoms with Gasteiger partial charge in [-0.3, -0.25) is 4.79 Å². The van der Waals surface area contributed by atoms with Crippen molar-refractivity contribution in [1.29, 1.82) is 0 Å². The van der Waals surface area contributed by atoms with Crippen LogP contribution in [0.3, 0.4) is 0 Å². The van der Waals surface area contributed by atoms with Crippen molar-refractivity contribution in [2.75, 3.05) is 33.3 Å². The highest BCUT2D eigenvalue weighted by molar-refractivity contribution is 7.89. The van der Waals surface area contributed by atoms with E-state index in [4.69, 9.17) is 4.74 Å². The number of likely N-dealkylation sites (tertiary alicyclic amines) is 1. The zero-order valence-corrected chi connectivity index (χ0v) is 16.4. The Morgan fingerprint density at radius 3 is 2.35 bits per heavy atom. The van der Waals surface area contributed by atoms with Crippen molar-refractivity contribution < 1.29 is 17.9 Å². The zero-order chi connectivity index (χ0) is 18.7. The van der Waals surface area contributed by atoms with Crippen LogP contribution in [0.2, 0.25) is 0 Å². The molecule has 0 aromatic heterocycles. The lowest BCUT2D eigenvalue weighted by molar-refractivity contribution is -0.138. The summed E-state index contributed by atoms with van der Waals surface area (Å²) in [6, 6.07) is 6.42. The van der Waals surface area contributed by atoms with Crippen LogP contribution in [0.25, 0.3) is 0 Å². The highest BCUT2D eigenvalue weighted by Gasteiger charge is 2.35. The van der Waals surface area contributed by atoms with E-state index in [1.165, 1.54) is 4.31 Å². The minimum Gasteiger partial charge on any atom is -0.497 e. The fourth-order valence-corrected chi connectivity index (χ4v) is 5.27. The van der Waals surface area contributed by atoms with Crippen LogP contribution in [0.5, 0.6) is 5.75 Å². The van der Waals surface area contributed by atoms with Crippen LogP contribution in [0.4, 0.5) is 0 Å². The third-order valence-corrected chi connectivity index (χ3v) is 7.41. The average molecular weight is 381 g/mol. The molecule has 3 rings (SSSR count). The largest absolute Gasteiger partial charge is 0.497 e. The van der Waals surface area contributed by atoms with Gasteiger partial charge in [-0.1, -0.05) is 6.92 Å². The van der Waals surface area contributed by atoms with Crippen LogP contribution < -0.4 is 4.74 Å². The monoisotopic (exact) mass is 380 g/mol. The lowest BCUT2D eigenvalue weighted by atomic mass is 9.94. The van der Waals surface area contributed by atoms with Crippen LogP contribution >= 0.6 is 0 Å². The van der Waals surface area contributed by atoms with Crippen molar-refractivity contribution in [2.24, 2.45) is 11.8 Å². The fraction of sp³-hybridized carbons (Fsp3) is 0.632. The Morgan fingerprint density at radius 2 is 1.73 bits per heavy atom. The van der Waals surface area contributed by atoms with Gasteiger partial charge >= 0.3 is 0 Å². The molecule has 0 bridgehead atoms. The Bertz CT molecular complexity index is 724. The normalized spacial score (nSPS) is 23.0. The molecule has 6 nitrogen and oxygen atoms in total. The number of nitrogens with zero attached hydrogens (tertiary/aromatic N) is 2. The van der Waals surface area contributed by atoms with Crippen molar-refractivity contribution in [2.45, 2.75) is 37.5 Å². The molecule has 144 valence electrons. The molecule has 0 unspecified atom stereocenters. The molecule has 7 heteroatoms. The predicted molar refractivity (Wildman–Crippen MR) is 99.5 cm³/mol. The van der Waals surface area contributed by atoms with E-state index in [0.717, 1.165) is 38.8 Å². The fourth-order valence-electron chi connectivity index (χ4n) is 3.75. The highest BCUT2D eigenvalue weighted by atomic mass is 32.2. The number of hydrogen-bond donors (Lipinski definition) is 0. The Hall–Kier alpha value is -1.60. The SMILES string of the molecule is COc1ccc(S(=O)(=O)N2CCC[C@H](C(=O)N3CCC(C)CC3)C2)cc1. The van der Waals surface area contributed by atoms with Crippen molar-refractivity contribution >= 4 is 15.9 Å². The van der Waals surface area contributed by atoms with Gasteiger partial charge < -0.3 is 9.64 Å². The highest BCUT2D eigenvalue weighted by Crippen LogP contribution is 2.27. The quantitative estimate of drug-likeness (QED) is 0.804. The Morgan fingerprint density at radius 1 is 1.08 bits per heavy atom. The molecule has 0 aliphatic carbocycles. The molecule has 1 aromatic carbocycles. The first-order chi connectivity index (χ1) is 12.4. The van der Waals surface area contributed by atoms with E-state index in [-0.39, 0.29) is 23.3 Å². The van der Waals surface area contributed by atoms with Crippen LogP contribution in [0, 0.1) is 11.8 Å². The second kappa shape index (κ2) is 7.96. The van der Waals surface area contributed by atoms with E-state index >= 15 is 0 Å². The number of hydrogen-bond acceptors (Lipinski definition) is 4. The van der Waals surface area contributed by atoms with E-state index in [0.29, 0.717) is 18.2 Å². The molecule has 0 N–H and O–H groups in total. The number of methoxy groups -OCH3 is 1. The topological polar surface area (TPSA) is 66.9 Å². The van der Waals surface area contributed by atoms with E-state index in [2.05, 4.69) is 6.92 Å². The summed E-state index contributed by atoms with van der Waals surface area (Å²) in [7, 11) is -2.04. The number of ether oxygens (including phenoxy) is 1. The van der Waals surface area contributed by atoms with Crippen molar-refractivity contribution in [3.63, 3.8) is 0 Å². The molecule has 0 radical (unpaired) electrons. The van der Waals surface area contributed by atoms with Crippen molar-refractivity contribution in [3.05, 3.63) is 24.3 Å². The first-order valence-electron chi connectivity index (χ1n) is 9.35. The smallest absolute Gasteiger partial charge is 0.243 e. The zero-order valence-electron chi connectivity index (χ0n) is 15.6. The molecule has 2 heterocycles. The third kappa shape index (κ3) is 4.04. The second-order valence-electron chi connectivity index (χ2n) is 7.39. The summed E-state index contributed by atoms with van der Waals surface area (Å²) >= 11 is 0. The van der Waals surface area contributed by atoms with E-state index in [1.54, 1.807) is 31.4 Å². The van der Waals surface area contributed by atoms with Gasteiger partial charge in [-0.05, 0) is 55.9 Å². The number of sulfonamides is 1. The second-order valence-corrected chi connectivity index (χ2v) is 9.32. The molecule has 2 saturated heterocycles. The summed E-state index contributed by atoms with van der Waals surface area (Å²) in [5.41, 5.74) is 0. The van der Waals surface area contributed by atoms with Gasteiger partial charge in [-0.2, -0.15) is 4.31 Å². The lowest BCUT2D eigenvalue weighted by Crippen LogP contribution is -2.48. The Kier molecular flexibility index (Phi) is 5.87. The van der Waals surface area contributed by atoms with Gasteiger partial charge in [0.2, 0.25) is 15.9 Å². The molecule has 2 aliphatic rings. The molecular weight excluding hydrogens is 352 g/mol. The Balaban J connectivity index is 1.69. The van der Waals surface area contributed by atoms with Gasteiger partial charge in [-0.25, -0.2) is 8.42 Å².